The zero-order valence-electron chi connectivity index (χ0n) is 16.1. The molecule has 4 rings (SSSR count). The summed E-state index contributed by atoms with van der Waals surface area (Å²) < 4.78 is 10.4. The molecule has 0 radical (unpaired) electrons. The maximum Gasteiger partial charge on any atom is 0.341 e. The Hall–Kier alpha value is -2.64. The second-order valence-corrected chi connectivity index (χ2v) is 8.59. The van der Waals surface area contributed by atoms with Crippen LogP contribution >= 0.6 is 22.7 Å². The third-order valence-corrected chi connectivity index (χ3v) is 6.76. The Bertz CT molecular complexity index is 1010. The number of anilines is 1. The quantitative estimate of drug-likeness (QED) is 0.513. The first-order valence-electron chi connectivity index (χ1n) is 9.39. The maximum atomic E-state index is 12.8. The van der Waals surface area contributed by atoms with E-state index < -0.39 is 5.97 Å². The fourth-order valence-electron chi connectivity index (χ4n) is 3.38. The molecule has 2 atom stereocenters. The van der Waals surface area contributed by atoms with E-state index in [1.807, 2.05) is 47.2 Å². The Morgan fingerprint density at radius 2 is 1.97 bits per heavy atom. The van der Waals surface area contributed by atoms with E-state index in [1.165, 1.54) is 11.3 Å². The number of thiophene rings is 2. The van der Waals surface area contributed by atoms with Gasteiger partial charge in [0, 0.05) is 21.7 Å². The monoisotopic (exact) mass is 427 g/mol. The minimum Gasteiger partial charge on any atom is -0.497 e. The van der Waals surface area contributed by atoms with Gasteiger partial charge in [-0.05, 0) is 48.4 Å². The first kappa shape index (κ1) is 19.7. The van der Waals surface area contributed by atoms with Crippen LogP contribution in [-0.2, 0) is 9.53 Å². The molecular formula is C22H21NO4S2. The van der Waals surface area contributed by atoms with Crippen molar-refractivity contribution in [3.63, 3.8) is 0 Å². The van der Waals surface area contributed by atoms with E-state index in [-0.39, 0.29) is 24.3 Å². The Balaban J connectivity index is 1.52. The van der Waals surface area contributed by atoms with Gasteiger partial charge < -0.3 is 14.8 Å². The Labute approximate surface area is 177 Å². The van der Waals surface area contributed by atoms with Crippen LogP contribution in [0.15, 0.2) is 47.2 Å². The van der Waals surface area contributed by atoms with Crippen LogP contribution in [0.1, 0.15) is 35.2 Å². The van der Waals surface area contributed by atoms with Crippen molar-refractivity contribution in [2.45, 2.75) is 19.3 Å². The lowest BCUT2D eigenvalue weighted by atomic mass is 10.1. The first-order valence-corrected chi connectivity index (χ1v) is 11.2. The number of benzene rings is 1. The smallest absolute Gasteiger partial charge is 0.341 e. The zero-order chi connectivity index (χ0) is 20.4. The van der Waals surface area contributed by atoms with E-state index in [0.29, 0.717) is 10.6 Å². The molecule has 0 aliphatic heterocycles. The Morgan fingerprint density at radius 1 is 1.17 bits per heavy atom. The topological polar surface area (TPSA) is 64.6 Å². The molecule has 2 heterocycles. The molecule has 5 nitrogen and oxygen atoms in total. The van der Waals surface area contributed by atoms with Crippen molar-refractivity contribution in [1.82, 2.24) is 0 Å². The normalized spacial score (nSPS) is 17.6. The van der Waals surface area contributed by atoms with E-state index in [4.69, 9.17) is 9.47 Å². The fraction of sp³-hybridized carbons (Fsp3) is 0.273. The summed E-state index contributed by atoms with van der Waals surface area (Å²) in [7, 11) is 1.63. The molecule has 0 spiro atoms. The number of rotatable bonds is 7. The van der Waals surface area contributed by atoms with Gasteiger partial charge >= 0.3 is 5.97 Å². The summed E-state index contributed by atoms with van der Waals surface area (Å²) in [5.41, 5.74) is 2.37. The highest BCUT2D eigenvalue weighted by molar-refractivity contribution is 7.17. The van der Waals surface area contributed by atoms with Gasteiger partial charge in [0.15, 0.2) is 0 Å². The molecule has 2 unspecified atom stereocenters. The minimum atomic E-state index is -0.407. The molecule has 2 aromatic heterocycles. The fourth-order valence-corrected chi connectivity index (χ4v) is 5.15. The van der Waals surface area contributed by atoms with Crippen molar-refractivity contribution in [3.8, 4) is 16.2 Å². The van der Waals surface area contributed by atoms with Gasteiger partial charge in [0.2, 0.25) is 5.91 Å². The summed E-state index contributed by atoms with van der Waals surface area (Å²) in [6.45, 7) is 2.06. The van der Waals surface area contributed by atoms with Crippen molar-refractivity contribution in [1.29, 1.82) is 0 Å². The van der Waals surface area contributed by atoms with E-state index in [1.54, 1.807) is 25.4 Å². The number of amides is 1. The van der Waals surface area contributed by atoms with Gasteiger partial charge in [0.05, 0.1) is 13.7 Å². The third kappa shape index (κ3) is 4.06. The summed E-state index contributed by atoms with van der Waals surface area (Å²) in [4.78, 5) is 26.4. The number of ether oxygens (including phenoxy) is 2. The summed E-state index contributed by atoms with van der Waals surface area (Å²) in [5, 5.41) is 7.39. The van der Waals surface area contributed by atoms with Crippen LogP contribution in [0.5, 0.6) is 5.75 Å². The molecule has 1 fully saturated rings. The lowest BCUT2D eigenvalue weighted by molar-refractivity contribution is -0.117. The van der Waals surface area contributed by atoms with Crippen molar-refractivity contribution in [2.75, 3.05) is 19.0 Å². The van der Waals surface area contributed by atoms with Gasteiger partial charge in [-0.15, -0.1) is 22.7 Å². The highest BCUT2D eigenvalue weighted by Gasteiger charge is 2.44. The van der Waals surface area contributed by atoms with Crippen LogP contribution in [0, 0.1) is 5.92 Å². The molecule has 1 N–H and O–H groups in total. The van der Waals surface area contributed by atoms with E-state index >= 15 is 0 Å². The molecular weight excluding hydrogens is 406 g/mol. The van der Waals surface area contributed by atoms with Crippen LogP contribution in [0.4, 0.5) is 5.00 Å². The van der Waals surface area contributed by atoms with Crippen molar-refractivity contribution in [3.05, 3.63) is 58.3 Å². The molecule has 1 aliphatic rings. The zero-order valence-corrected chi connectivity index (χ0v) is 17.8. The van der Waals surface area contributed by atoms with Gasteiger partial charge in [-0.2, -0.15) is 0 Å². The van der Waals surface area contributed by atoms with Crippen LogP contribution < -0.4 is 10.1 Å². The third-order valence-electron chi connectivity index (χ3n) is 4.97. The van der Waals surface area contributed by atoms with Crippen molar-refractivity contribution < 1.29 is 19.1 Å². The standard InChI is InChI=1S/C22H21NO4S2/c1-3-27-22(25)19-17(18-5-4-10-28-18)12-29-21(19)23-20(24)16-11-15(16)13-6-8-14(26-2)9-7-13/h4-10,12,15-16H,3,11H2,1-2H3,(H,23,24). The summed E-state index contributed by atoms with van der Waals surface area (Å²) >= 11 is 2.91. The molecule has 0 bridgehead atoms. The van der Waals surface area contributed by atoms with Crippen molar-refractivity contribution >= 4 is 39.6 Å². The molecule has 1 aliphatic carbocycles. The summed E-state index contributed by atoms with van der Waals surface area (Å²) in [6.07, 6.45) is 0.802. The average Bonchev–Trinajstić information content (AvgIpc) is 3.14. The highest BCUT2D eigenvalue weighted by Crippen LogP contribution is 2.49. The average molecular weight is 428 g/mol. The number of hydrogen-bond donors (Lipinski definition) is 1. The molecule has 7 heteroatoms. The number of hydrogen-bond acceptors (Lipinski definition) is 6. The van der Waals surface area contributed by atoms with Crippen LogP contribution in [0.3, 0.4) is 0 Å². The van der Waals surface area contributed by atoms with Gasteiger partial charge in [0.1, 0.15) is 16.3 Å². The summed E-state index contributed by atoms with van der Waals surface area (Å²) in [5.74, 6) is 0.439. The first-order chi connectivity index (χ1) is 14.1. The SMILES string of the molecule is CCOC(=O)c1c(-c2cccs2)csc1NC(=O)C1CC1c1ccc(OC)cc1. The minimum absolute atomic E-state index is 0.0593. The van der Waals surface area contributed by atoms with Gasteiger partial charge in [0.25, 0.3) is 0 Å². The molecule has 150 valence electrons. The lowest BCUT2D eigenvalue weighted by Crippen LogP contribution is -2.16. The summed E-state index contributed by atoms with van der Waals surface area (Å²) in [6, 6.07) is 11.7. The number of esters is 1. The lowest BCUT2D eigenvalue weighted by Gasteiger charge is -2.08. The van der Waals surface area contributed by atoms with E-state index in [2.05, 4.69) is 5.32 Å². The Morgan fingerprint density at radius 3 is 2.62 bits per heavy atom. The second kappa shape index (κ2) is 8.39. The van der Waals surface area contributed by atoms with Gasteiger partial charge in [-0.1, -0.05) is 18.2 Å². The molecule has 1 saturated carbocycles. The number of carbonyl (C=O) groups excluding carboxylic acids is 2. The van der Waals surface area contributed by atoms with E-state index in [9.17, 15) is 9.59 Å². The van der Waals surface area contributed by atoms with Gasteiger partial charge in [-0.3, -0.25) is 4.79 Å². The molecule has 1 amide bonds. The molecule has 0 saturated heterocycles. The largest absolute Gasteiger partial charge is 0.497 e. The highest BCUT2D eigenvalue weighted by atomic mass is 32.1. The number of methoxy groups -OCH3 is 1. The van der Waals surface area contributed by atoms with Gasteiger partial charge in [-0.25, -0.2) is 4.79 Å². The van der Waals surface area contributed by atoms with Crippen LogP contribution in [-0.4, -0.2) is 25.6 Å². The number of carbonyl (C=O) groups is 2. The molecule has 29 heavy (non-hydrogen) atoms. The van der Waals surface area contributed by atoms with Crippen LogP contribution in [0.25, 0.3) is 10.4 Å². The maximum absolute atomic E-state index is 12.8. The van der Waals surface area contributed by atoms with Crippen LogP contribution in [0.2, 0.25) is 0 Å². The second-order valence-electron chi connectivity index (χ2n) is 6.76. The predicted octanol–water partition coefficient (Wildman–Crippen LogP) is 5.40. The molecule has 1 aromatic carbocycles. The molecule has 3 aromatic rings. The van der Waals surface area contributed by atoms with E-state index in [0.717, 1.165) is 28.2 Å². The Kier molecular flexibility index (Phi) is 5.69. The van der Waals surface area contributed by atoms with Crippen molar-refractivity contribution in [2.24, 2.45) is 5.92 Å². The predicted molar refractivity (Wildman–Crippen MR) is 116 cm³/mol. The number of nitrogens with one attached hydrogen (secondary N) is 1.